The van der Waals surface area contributed by atoms with Crippen molar-refractivity contribution in [2.24, 2.45) is 0 Å². The molecule has 0 unspecified atom stereocenters. The number of hydrogen-bond acceptors (Lipinski definition) is 3. The molecule has 0 atom stereocenters. The number of nitrogens with zero attached hydrogens (tertiary/aromatic N) is 1. The van der Waals surface area contributed by atoms with Crippen LogP contribution >= 0.6 is 22.9 Å². The van der Waals surface area contributed by atoms with Crippen LogP contribution < -0.4 is 5.32 Å². The number of nitrogens with one attached hydrogen (secondary N) is 1. The summed E-state index contributed by atoms with van der Waals surface area (Å²) in [6.07, 6.45) is 0. The largest absolute Gasteiger partial charge is 0.347 e. The minimum absolute atomic E-state index is 0.107. The standard InChI is InChI=1S/C18H15ClN2OS/c1-12-21-16(14-5-3-2-4-6-14)17(23-12)18(22)20-11-13-7-9-15(19)10-8-13/h2-10H,11H2,1H3,(H,20,22). The molecule has 3 rings (SSSR count). The van der Waals surface area contributed by atoms with Gasteiger partial charge in [0, 0.05) is 17.1 Å². The molecule has 1 amide bonds. The average Bonchev–Trinajstić information content (AvgIpc) is 2.97. The normalized spacial score (nSPS) is 10.5. The van der Waals surface area contributed by atoms with Crippen LogP contribution in [-0.4, -0.2) is 10.9 Å². The van der Waals surface area contributed by atoms with Crippen molar-refractivity contribution < 1.29 is 4.79 Å². The van der Waals surface area contributed by atoms with Gasteiger partial charge >= 0.3 is 0 Å². The lowest BCUT2D eigenvalue weighted by Crippen LogP contribution is -2.22. The van der Waals surface area contributed by atoms with E-state index in [1.54, 1.807) is 0 Å². The lowest BCUT2D eigenvalue weighted by molar-refractivity contribution is 0.0955. The first-order valence-corrected chi connectivity index (χ1v) is 8.38. The van der Waals surface area contributed by atoms with Crippen molar-refractivity contribution in [3.05, 3.63) is 75.1 Å². The number of hydrogen-bond donors (Lipinski definition) is 1. The molecule has 0 saturated carbocycles. The molecule has 0 saturated heterocycles. The first-order chi connectivity index (χ1) is 11.1. The molecular formula is C18H15ClN2OS. The van der Waals surface area contributed by atoms with Gasteiger partial charge in [0.1, 0.15) is 4.88 Å². The summed E-state index contributed by atoms with van der Waals surface area (Å²) in [5.74, 6) is -0.107. The van der Waals surface area contributed by atoms with Crippen molar-refractivity contribution in [2.45, 2.75) is 13.5 Å². The quantitative estimate of drug-likeness (QED) is 0.746. The van der Waals surface area contributed by atoms with E-state index >= 15 is 0 Å². The van der Waals surface area contributed by atoms with Gasteiger partial charge in [-0.05, 0) is 24.6 Å². The first-order valence-electron chi connectivity index (χ1n) is 7.19. The van der Waals surface area contributed by atoms with Crippen LogP contribution in [0.15, 0.2) is 54.6 Å². The molecule has 0 aliphatic carbocycles. The molecule has 3 aromatic rings. The molecule has 23 heavy (non-hydrogen) atoms. The molecule has 1 heterocycles. The molecular weight excluding hydrogens is 328 g/mol. The molecule has 0 spiro atoms. The summed E-state index contributed by atoms with van der Waals surface area (Å²) in [7, 11) is 0. The van der Waals surface area contributed by atoms with Crippen LogP contribution in [0.1, 0.15) is 20.2 Å². The summed E-state index contributed by atoms with van der Waals surface area (Å²) in [5, 5.41) is 4.51. The molecule has 2 aromatic carbocycles. The Morgan fingerprint density at radius 3 is 2.52 bits per heavy atom. The zero-order chi connectivity index (χ0) is 16.2. The van der Waals surface area contributed by atoms with Gasteiger partial charge in [-0.25, -0.2) is 4.98 Å². The highest BCUT2D eigenvalue weighted by atomic mass is 35.5. The Kier molecular flexibility index (Phi) is 4.74. The highest BCUT2D eigenvalue weighted by molar-refractivity contribution is 7.14. The van der Waals surface area contributed by atoms with E-state index in [9.17, 15) is 4.79 Å². The molecule has 1 aromatic heterocycles. The van der Waals surface area contributed by atoms with E-state index in [-0.39, 0.29) is 5.91 Å². The second-order valence-corrected chi connectivity index (χ2v) is 6.73. The fourth-order valence-electron chi connectivity index (χ4n) is 2.24. The summed E-state index contributed by atoms with van der Waals surface area (Å²) < 4.78 is 0. The summed E-state index contributed by atoms with van der Waals surface area (Å²) in [6.45, 7) is 2.37. The van der Waals surface area contributed by atoms with Crippen LogP contribution in [0, 0.1) is 6.92 Å². The van der Waals surface area contributed by atoms with Gasteiger partial charge in [0.25, 0.3) is 5.91 Å². The van der Waals surface area contributed by atoms with Crippen molar-refractivity contribution in [3.8, 4) is 11.3 Å². The lowest BCUT2D eigenvalue weighted by atomic mass is 10.1. The van der Waals surface area contributed by atoms with Gasteiger partial charge in [0.2, 0.25) is 0 Å². The highest BCUT2D eigenvalue weighted by Crippen LogP contribution is 2.27. The number of amides is 1. The van der Waals surface area contributed by atoms with Crippen LogP contribution in [0.2, 0.25) is 5.02 Å². The van der Waals surface area contributed by atoms with Crippen molar-refractivity contribution in [3.63, 3.8) is 0 Å². The Bertz CT molecular complexity index is 813. The zero-order valence-corrected chi connectivity index (χ0v) is 14.1. The summed E-state index contributed by atoms with van der Waals surface area (Å²) in [6, 6.07) is 17.2. The topological polar surface area (TPSA) is 42.0 Å². The van der Waals surface area contributed by atoms with Gasteiger partial charge in [-0.15, -0.1) is 11.3 Å². The van der Waals surface area contributed by atoms with Gasteiger partial charge < -0.3 is 5.32 Å². The average molecular weight is 343 g/mol. The molecule has 3 nitrogen and oxygen atoms in total. The SMILES string of the molecule is Cc1nc(-c2ccccc2)c(C(=O)NCc2ccc(Cl)cc2)s1. The minimum atomic E-state index is -0.107. The molecule has 0 aliphatic heterocycles. The highest BCUT2D eigenvalue weighted by Gasteiger charge is 2.17. The smallest absolute Gasteiger partial charge is 0.263 e. The third-order valence-electron chi connectivity index (χ3n) is 3.35. The lowest BCUT2D eigenvalue weighted by Gasteiger charge is -2.06. The Hall–Kier alpha value is -2.17. The minimum Gasteiger partial charge on any atom is -0.347 e. The fourth-order valence-corrected chi connectivity index (χ4v) is 3.22. The van der Waals surface area contributed by atoms with E-state index in [0.717, 1.165) is 21.8 Å². The molecule has 1 N–H and O–H groups in total. The number of carbonyl (C=O) groups excluding carboxylic acids is 1. The third kappa shape index (κ3) is 3.78. The maximum atomic E-state index is 12.5. The molecule has 0 fully saturated rings. The van der Waals surface area contributed by atoms with Crippen molar-refractivity contribution in [2.75, 3.05) is 0 Å². The van der Waals surface area contributed by atoms with E-state index in [1.165, 1.54) is 11.3 Å². The Labute approximate surface area is 144 Å². The Morgan fingerprint density at radius 1 is 1.13 bits per heavy atom. The number of aryl methyl sites for hydroxylation is 1. The van der Waals surface area contributed by atoms with E-state index < -0.39 is 0 Å². The predicted octanol–water partition coefficient (Wildman–Crippen LogP) is 4.70. The van der Waals surface area contributed by atoms with Crippen LogP contribution in [0.3, 0.4) is 0 Å². The van der Waals surface area contributed by atoms with Crippen LogP contribution in [0.5, 0.6) is 0 Å². The van der Waals surface area contributed by atoms with E-state index in [2.05, 4.69) is 10.3 Å². The first kappa shape index (κ1) is 15.7. The molecule has 0 aliphatic rings. The second kappa shape index (κ2) is 6.94. The summed E-state index contributed by atoms with van der Waals surface area (Å²) >= 11 is 7.28. The van der Waals surface area contributed by atoms with Crippen molar-refractivity contribution in [1.82, 2.24) is 10.3 Å². The third-order valence-corrected chi connectivity index (χ3v) is 4.58. The number of aromatic nitrogens is 1. The van der Waals surface area contributed by atoms with Crippen LogP contribution in [-0.2, 0) is 6.54 Å². The number of halogens is 1. The number of thiazole rings is 1. The Balaban J connectivity index is 1.79. The van der Waals surface area contributed by atoms with E-state index in [0.29, 0.717) is 16.4 Å². The van der Waals surface area contributed by atoms with Gasteiger partial charge in [-0.2, -0.15) is 0 Å². The summed E-state index contributed by atoms with van der Waals surface area (Å²) in [5.41, 5.74) is 2.69. The van der Waals surface area contributed by atoms with Gasteiger partial charge in [0.05, 0.1) is 10.7 Å². The van der Waals surface area contributed by atoms with Gasteiger partial charge in [-0.3, -0.25) is 4.79 Å². The molecule has 116 valence electrons. The Morgan fingerprint density at radius 2 is 1.83 bits per heavy atom. The molecule has 5 heteroatoms. The number of carbonyl (C=O) groups is 1. The van der Waals surface area contributed by atoms with E-state index in [4.69, 9.17) is 11.6 Å². The number of benzene rings is 2. The van der Waals surface area contributed by atoms with Gasteiger partial charge in [0.15, 0.2) is 0 Å². The van der Waals surface area contributed by atoms with Crippen LogP contribution in [0.4, 0.5) is 0 Å². The van der Waals surface area contributed by atoms with E-state index in [1.807, 2.05) is 61.5 Å². The van der Waals surface area contributed by atoms with Crippen molar-refractivity contribution >= 4 is 28.8 Å². The summed E-state index contributed by atoms with van der Waals surface area (Å²) in [4.78, 5) is 17.7. The zero-order valence-electron chi connectivity index (χ0n) is 12.5. The maximum Gasteiger partial charge on any atom is 0.263 e. The van der Waals surface area contributed by atoms with Gasteiger partial charge in [-0.1, -0.05) is 54.1 Å². The monoisotopic (exact) mass is 342 g/mol. The molecule has 0 bridgehead atoms. The predicted molar refractivity (Wildman–Crippen MR) is 94.9 cm³/mol. The maximum absolute atomic E-state index is 12.5. The second-order valence-electron chi connectivity index (χ2n) is 5.09. The fraction of sp³-hybridized carbons (Fsp3) is 0.111. The van der Waals surface area contributed by atoms with Crippen molar-refractivity contribution in [1.29, 1.82) is 0 Å². The number of rotatable bonds is 4. The molecule has 0 radical (unpaired) electrons. The van der Waals surface area contributed by atoms with Crippen LogP contribution in [0.25, 0.3) is 11.3 Å².